The van der Waals surface area contributed by atoms with Gasteiger partial charge in [0.1, 0.15) is 0 Å². The van der Waals surface area contributed by atoms with Crippen molar-refractivity contribution in [2.45, 2.75) is 13.0 Å². The van der Waals surface area contributed by atoms with E-state index in [4.69, 9.17) is 5.84 Å². The molecule has 0 aromatic carbocycles. The third kappa shape index (κ3) is 1.89. The second kappa shape index (κ2) is 3.67. The van der Waals surface area contributed by atoms with Crippen LogP contribution in [0.15, 0.2) is 29.0 Å². The lowest BCUT2D eigenvalue weighted by atomic mass is 10.1. The average molecular weight is 168 g/mol. The van der Waals surface area contributed by atoms with Gasteiger partial charge in [0.05, 0.1) is 6.04 Å². The lowest BCUT2D eigenvalue weighted by Crippen LogP contribution is -2.28. The van der Waals surface area contributed by atoms with E-state index in [0.29, 0.717) is 0 Å². The van der Waals surface area contributed by atoms with Crippen LogP contribution in [0.25, 0.3) is 0 Å². The molecule has 0 saturated heterocycles. The minimum Gasteiger partial charge on any atom is -0.271 e. The Morgan fingerprint density at radius 2 is 2.55 bits per heavy atom. The highest BCUT2D eigenvalue weighted by Gasteiger charge is 2.08. The minimum atomic E-state index is 0.0984. The third-order valence-electron chi connectivity index (χ3n) is 1.54. The van der Waals surface area contributed by atoms with E-state index < -0.39 is 0 Å². The highest BCUT2D eigenvalue weighted by atomic mass is 32.1. The number of hydrogen-bond acceptors (Lipinski definition) is 3. The smallest absolute Gasteiger partial charge is 0.0672 e. The SMILES string of the molecule is C=C(C)C(NN)c1ccsc1. The summed E-state index contributed by atoms with van der Waals surface area (Å²) in [5.74, 6) is 5.36. The van der Waals surface area contributed by atoms with E-state index in [0.717, 1.165) is 5.57 Å². The Balaban J connectivity index is 2.79. The van der Waals surface area contributed by atoms with Crippen LogP contribution >= 0.6 is 11.3 Å². The maximum absolute atomic E-state index is 5.36. The molecule has 0 spiro atoms. The number of thiophene rings is 1. The largest absolute Gasteiger partial charge is 0.271 e. The summed E-state index contributed by atoms with van der Waals surface area (Å²) < 4.78 is 0. The second-order valence-electron chi connectivity index (χ2n) is 2.50. The van der Waals surface area contributed by atoms with E-state index in [1.165, 1.54) is 5.56 Å². The van der Waals surface area contributed by atoms with Crippen molar-refractivity contribution in [3.8, 4) is 0 Å². The Morgan fingerprint density at radius 1 is 1.82 bits per heavy atom. The van der Waals surface area contributed by atoms with Crippen LogP contribution in [0.3, 0.4) is 0 Å². The monoisotopic (exact) mass is 168 g/mol. The summed E-state index contributed by atoms with van der Waals surface area (Å²) in [6.07, 6.45) is 0. The Morgan fingerprint density at radius 3 is 2.91 bits per heavy atom. The molecule has 0 saturated carbocycles. The van der Waals surface area contributed by atoms with Crippen molar-refractivity contribution in [1.29, 1.82) is 0 Å². The van der Waals surface area contributed by atoms with Crippen molar-refractivity contribution in [2.24, 2.45) is 5.84 Å². The summed E-state index contributed by atoms with van der Waals surface area (Å²) in [6.45, 7) is 5.80. The first-order valence-electron chi connectivity index (χ1n) is 3.39. The molecule has 11 heavy (non-hydrogen) atoms. The Hall–Kier alpha value is -0.640. The maximum Gasteiger partial charge on any atom is 0.0672 e. The van der Waals surface area contributed by atoms with E-state index in [-0.39, 0.29) is 6.04 Å². The van der Waals surface area contributed by atoms with Crippen LogP contribution in [-0.2, 0) is 0 Å². The van der Waals surface area contributed by atoms with E-state index in [1.54, 1.807) is 11.3 Å². The zero-order chi connectivity index (χ0) is 8.27. The number of hydrazine groups is 1. The third-order valence-corrected chi connectivity index (χ3v) is 2.24. The normalized spacial score (nSPS) is 12.9. The summed E-state index contributed by atoms with van der Waals surface area (Å²) in [4.78, 5) is 0. The molecule has 1 aromatic heterocycles. The van der Waals surface area contributed by atoms with Crippen LogP contribution in [0.1, 0.15) is 18.5 Å². The highest BCUT2D eigenvalue weighted by molar-refractivity contribution is 7.07. The van der Waals surface area contributed by atoms with Gasteiger partial charge >= 0.3 is 0 Å². The first-order valence-corrected chi connectivity index (χ1v) is 4.33. The second-order valence-corrected chi connectivity index (χ2v) is 3.28. The Labute approximate surface area is 70.7 Å². The molecule has 0 aliphatic carbocycles. The fourth-order valence-corrected chi connectivity index (χ4v) is 1.65. The van der Waals surface area contributed by atoms with E-state index in [1.807, 2.05) is 18.4 Å². The van der Waals surface area contributed by atoms with Gasteiger partial charge < -0.3 is 0 Å². The predicted molar refractivity (Wildman–Crippen MR) is 49.2 cm³/mol. The van der Waals surface area contributed by atoms with Gasteiger partial charge in [-0.3, -0.25) is 5.84 Å². The fraction of sp³-hybridized carbons (Fsp3) is 0.250. The van der Waals surface area contributed by atoms with Crippen LogP contribution in [0, 0.1) is 0 Å². The topological polar surface area (TPSA) is 38.0 Å². The van der Waals surface area contributed by atoms with Crippen molar-refractivity contribution in [3.05, 3.63) is 34.5 Å². The fourth-order valence-electron chi connectivity index (χ4n) is 0.962. The van der Waals surface area contributed by atoms with Crippen molar-refractivity contribution in [3.63, 3.8) is 0 Å². The quantitative estimate of drug-likeness (QED) is 0.410. The zero-order valence-corrected chi connectivity index (χ0v) is 7.32. The van der Waals surface area contributed by atoms with Crippen LogP contribution in [0.2, 0.25) is 0 Å². The molecule has 0 fully saturated rings. The molecule has 0 aliphatic heterocycles. The van der Waals surface area contributed by atoms with E-state index in [9.17, 15) is 0 Å². The number of nitrogens with one attached hydrogen (secondary N) is 1. The summed E-state index contributed by atoms with van der Waals surface area (Å²) in [5, 5.41) is 4.10. The minimum absolute atomic E-state index is 0.0984. The number of rotatable bonds is 3. The molecule has 1 unspecified atom stereocenters. The van der Waals surface area contributed by atoms with Crippen LogP contribution in [-0.4, -0.2) is 0 Å². The summed E-state index contributed by atoms with van der Waals surface area (Å²) in [7, 11) is 0. The van der Waals surface area contributed by atoms with Gasteiger partial charge in [0.15, 0.2) is 0 Å². The van der Waals surface area contributed by atoms with Gasteiger partial charge in [-0.2, -0.15) is 11.3 Å². The molecule has 60 valence electrons. The van der Waals surface area contributed by atoms with Gasteiger partial charge in [-0.05, 0) is 29.3 Å². The van der Waals surface area contributed by atoms with Gasteiger partial charge in [0, 0.05) is 0 Å². The molecule has 1 atom stereocenters. The zero-order valence-electron chi connectivity index (χ0n) is 6.50. The van der Waals surface area contributed by atoms with Gasteiger partial charge in [-0.1, -0.05) is 12.2 Å². The van der Waals surface area contributed by atoms with Gasteiger partial charge in [0.2, 0.25) is 0 Å². The molecule has 0 amide bonds. The van der Waals surface area contributed by atoms with E-state index >= 15 is 0 Å². The number of nitrogens with two attached hydrogens (primary N) is 1. The number of hydrogen-bond donors (Lipinski definition) is 2. The molecule has 2 nitrogen and oxygen atoms in total. The summed E-state index contributed by atoms with van der Waals surface area (Å²) >= 11 is 1.66. The first kappa shape index (κ1) is 8.46. The molecule has 3 heteroatoms. The Kier molecular flexibility index (Phi) is 2.82. The molecular weight excluding hydrogens is 156 g/mol. The van der Waals surface area contributed by atoms with Gasteiger partial charge in [-0.25, -0.2) is 5.43 Å². The maximum atomic E-state index is 5.36. The van der Waals surface area contributed by atoms with Crippen molar-refractivity contribution in [1.82, 2.24) is 5.43 Å². The summed E-state index contributed by atoms with van der Waals surface area (Å²) in [6, 6.07) is 2.14. The van der Waals surface area contributed by atoms with Crippen LogP contribution < -0.4 is 11.3 Å². The highest BCUT2D eigenvalue weighted by Crippen LogP contribution is 2.20. The van der Waals surface area contributed by atoms with Gasteiger partial charge in [-0.15, -0.1) is 0 Å². The molecule has 0 bridgehead atoms. The molecule has 1 aromatic rings. The molecule has 1 rings (SSSR count). The molecule has 3 N–H and O–H groups in total. The van der Waals surface area contributed by atoms with Crippen molar-refractivity contribution < 1.29 is 0 Å². The van der Waals surface area contributed by atoms with Crippen molar-refractivity contribution in [2.75, 3.05) is 0 Å². The first-order chi connectivity index (χ1) is 5.25. The molecule has 0 radical (unpaired) electrons. The van der Waals surface area contributed by atoms with Gasteiger partial charge in [0.25, 0.3) is 0 Å². The average Bonchev–Trinajstić information content (AvgIpc) is 2.40. The van der Waals surface area contributed by atoms with Crippen LogP contribution in [0.5, 0.6) is 0 Å². The molecular formula is C8H12N2S. The predicted octanol–water partition coefficient (Wildman–Crippen LogP) is 1.83. The lowest BCUT2D eigenvalue weighted by molar-refractivity contribution is 0.629. The van der Waals surface area contributed by atoms with Crippen molar-refractivity contribution >= 4 is 11.3 Å². The lowest BCUT2D eigenvalue weighted by Gasteiger charge is -2.13. The standard InChI is InChI=1S/C8H12N2S/c1-6(2)8(10-9)7-3-4-11-5-7/h3-5,8,10H,1,9H2,2H3. The molecule has 1 heterocycles. The molecule has 0 aliphatic rings. The summed E-state index contributed by atoms with van der Waals surface area (Å²) in [5.41, 5.74) is 4.93. The Bertz CT molecular complexity index is 228. The van der Waals surface area contributed by atoms with Crippen LogP contribution in [0.4, 0.5) is 0 Å². The van der Waals surface area contributed by atoms with E-state index in [2.05, 4.69) is 17.4 Å².